The van der Waals surface area contributed by atoms with Crippen LogP contribution in [0.15, 0.2) is 48.2 Å². The van der Waals surface area contributed by atoms with Gasteiger partial charge in [0.05, 0.1) is 11.3 Å². The fourth-order valence-electron chi connectivity index (χ4n) is 2.18. The molecule has 0 saturated heterocycles. The predicted octanol–water partition coefficient (Wildman–Crippen LogP) is 3.28. The number of carbonyl (C=O) groups excluding carboxylic acids is 2. The number of hydrogen-bond donors (Lipinski definition) is 4. The van der Waals surface area contributed by atoms with Gasteiger partial charge in [-0.25, -0.2) is 8.78 Å². The van der Waals surface area contributed by atoms with Crippen LogP contribution in [0.5, 0.6) is 11.5 Å². The number of benzene rings is 2. The fraction of sp³-hybridized carbons (Fsp3) is 0.158. The Morgan fingerprint density at radius 3 is 2.41 bits per heavy atom. The molecule has 0 atom stereocenters. The molecule has 2 aromatic rings. The Bertz CT molecular complexity index is 911. The van der Waals surface area contributed by atoms with E-state index in [1.807, 2.05) is 0 Å². The van der Waals surface area contributed by atoms with Gasteiger partial charge < -0.3 is 20.8 Å². The van der Waals surface area contributed by atoms with Crippen LogP contribution in [0, 0.1) is 17.6 Å². The molecule has 0 aliphatic carbocycles. The van der Waals surface area contributed by atoms with Crippen molar-refractivity contribution < 1.29 is 28.6 Å². The summed E-state index contributed by atoms with van der Waals surface area (Å²) >= 11 is 0. The minimum atomic E-state index is -0.936. The molecule has 2 aromatic carbocycles. The molecule has 6 nitrogen and oxygen atoms in total. The molecule has 2 amide bonds. The van der Waals surface area contributed by atoms with Gasteiger partial charge in [-0.05, 0) is 36.2 Å². The summed E-state index contributed by atoms with van der Waals surface area (Å²) in [5, 5.41) is 23.7. The Morgan fingerprint density at radius 2 is 1.78 bits per heavy atom. The molecular formula is C19H18F2N2O4. The quantitative estimate of drug-likeness (QED) is 0.475. The van der Waals surface area contributed by atoms with Gasteiger partial charge in [0.25, 0.3) is 11.8 Å². The van der Waals surface area contributed by atoms with Crippen LogP contribution in [0.4, 0.5) is 14.5 Å². The fourth-order valence-corrected chi connectivity index (χ4v) is 2.18. The van der Waals surface area contributed by atoms with Gasteiger partial charge in [0, 0.05) is 6.07 Å². The molecule has 0 unspecified atom stereocenters. The molecule has 0 spiro atoms. The lowest BCUT2D eigenvalue weighted by Gasteiger charge is -2.13. The maximum atomic E-state index is 13.8. The largest absolute Gasteiger partial charge is 0.508 e. The topological polar surface area (TPSA) is 98.7 Å². The lowest BCUT2D eigenvalue weighted by molar-refractivity contribution is -0.113. The molecule has 8 heteroatoms. The molecule has 0 heterocycles. The van der Waals surface area contributed by atoms with E-state index in [2.05, 4.69) is 10.6 Å². The van der Waals surface area contributed by atoms with E-state index in [0.29, 0.717) is 0 Å². The second-order valence-electron chi connectivity index (χ2n) is 6.06. The van der Waals surface area contributed by atoms with Crippen LogP contribution in [0.1, 0.15) is 24.2 Å². The van der Waals surface area contributed by atoms with Crippen molar-refractivity contribution in [3.63, 3.8) is 0 Å². The van der Waals surface area contributed by atoms with Gasteiger partial charge in [-0.2, -0.15) is 0 Å². The van der Waals surface area contributed by atoms with E-state index in [-0.39, 0.29) is 23.1 Å². The number of hydrogen-bond acceptors (Lipinski definition) is 4. The highest BCUT2D eigenvalue weighted by Gasteiger charge is 2.19. The maximum Gasteiger partial charge on any atom is 0.271 e. The van der Waals surface area contributed by atoms with E-state index in [1.165, 1.54) is 6.08 Å². The predicted molar refractivity (Wildman–Crippen MR) is 95.1 cm³/mol. The van der Waals surface area contributed by atoms with Crippen molar-refractivity contribution >= 4 is 17.5 Å². The molecule has 27 heavy (non-hydrogen) atoms. The zero-order chi connectivity index (χ0) is 20.1. The summed E-state index contributed by atoms with van der Waals surface area (Å²) in [5.41, 5.74) is -0.697. The minimum absolute atomic E-state index is 0.0613. The molecule has 4 N–H and O–H groups in total. The van der Waals surface area contributed by atoms with Gasteiger partial charge >= 0.3 is 0 Å². The molecule has 0 saturated carbocycles. The van der Waals surface area contributed by atoms with Gasteiger partial charge in [-0.15, -0.1) is 0 Å². The summed E-state index contributed by atoms with van der Waals surface area (Å²) in [7, 11) is 0. The third kappa shape index (κ3) is 5.27. The third-order valence-electron chi connectivity index (χ3n) is 3.40. The van der Waals surface area contributed by atoms with E-state index < -0.39 is 34.8 Å². The summed E-state index contributed by atoms with van der Waals surface area (Å²) in [4.78, 5) is 24.8. The molecule has 0 radical (unpaired) electrons. The zero-order valence-corrected chi connectivity index (χ0v) is 14.6. The van der Waals surface area contributed by atoms with Crippen LogP contribution in [0.25, 0.3) is 0 Å². The van der Waals surface area contributed by atoms with Crippen LogP contribution in [0.2, 0.25) is 0 Å². The number of aromatic hydroxyl groups is 2. The Hall–Kier alpha value is -3.42. The Kier molecular flexibility index (Phi) is 6.12. The van der Waals surface area contributed by atoms with Crippen LogP contribution < -0.4 is 10.6 Å². The maximum absolute atomic E-state index is 13.8. The molecule has 0 aliphatic heterocycles. The first-order valence-electron chi connectivity index (χ1n) is 7.99. The first-order valence-corrected chi connectivity index (χ1v) is 7.99. The van der Waals surface area contributed by atoms with E-state index in [0.717, 1.165) is 36.4 Å². The SMILES string of the molecule is CC(C)/C=C(/NC(=O)c1cc(O)ccc1F)C(=O)Nc1ccc(F)cc1O. The van der Waals surface area contributed by atoms with Gasteiger partial charge in [0.1, 0.15) is 28.8 Å². The first kappa shape index (κ1) is 19.9. The van der Waals surface area contributed by atoms with Crippen LogP contribution in [-0.2, 0) is 4.79 Å². The number of nitrogens with one attached hydrogen (secondary N) is 2. The van der Waals surface area contributed by atoms with Crippen molar-refractivity contribution in [2.45, 2.75) is 13.8 Å². The molecule has 0 aromatic heterocycles. The first-order chi connectivity index (χ1) is 12.7. The van der Waals surface area contributed by atoms with Crippen molar-refractivity contribution in [2.75, 3.05) is 5.32 Å². The van der Waals surface area contributed by atoms with Crippen molar-refractivity contribution in [1.29, 1.82) is 0 Å². The Balaban J connectivity index is 2.25. The van der Waals surface area contributed by atoms with Crippen molar-refractivity contribution in [3.8, 4) is 11.5 Å². The molecule has 0 aliphatic rings. The van der Waals surface area contributed by atoms with Crippen LogP contribution >= 0.6 is 0 Å². The lowest BCUT2D eigenvalue weighted by Crippen LogP contribution is -2.31. The summed E-state index contributed by atoms with van der Waals surface area (Å²) in [6.07, 6.45) is 1.43. The zero-order valence-electron chi connectivity index (χ0n) is 14.6. The Labute approximate surface area is 154 Å². The van der Waals surface area contributed by atoms with Gasteiger partial charge in [0.2, 0.25) is 0 Å². The lowest BCUT2D eigenvalue weighted by atomic mass is 10.1. The number of halogens is 2. The van der Waals surface area contributed by atoms with Gasteiger partial charge in [0.15, 0.2) is 0 Å². The smallest absolute Gasteiger partial charge is 0.271 e. The average Bonchev–Trinajstić information content (AvgIpc) is 2.58. The van der Waals surface area contributed by atoms with Gasteiger partial charge in [-0.3, -0.25) is 9.59 Å². The van der Waals surface area contributed by atoms with Crippen LogP contribution in [-0.4, -0.2) is 22.0 Å². The molecule has 0 fully saturated rings. The van der Waals surface area contributed by atoms with Crippen molar-refractivity contribution in [3.05, 3.63) is 65.4 Å². The standard InChI is InChI=1S/C19H18F2N2O4/c1-10(2)7-16(19(27)22-15-6-3-11(20)8-17(15)25)23-18(26)13-9-12(24)4-5-14(13)21/h3-10,24-25H,1-2H3,(H,22,27)(H,23,26)/b16-7+. The normalized spacial score (nSPS) is 11.4. The number of carbonyl (C=O) groups is 2. The molecule has 142 valence electrons. The summed E-state index contributed by atoms with van der Waals surface area (Å²) in [6.45, 7) is 3.51. The average molecular weight is 376 g/mol. The molecule has 0 bridgehead atoms. The van der Waals surface area contributed by atoms with E-state index in [1.54, 1.807) is 13.8 Å². The number of allylic oxidation sites excluding steroid dienone is 1. The number of phenolic OH excluding ortho intramolecular Hbond substituents is 2. The monoisotopic (exact) mass is 376 g/mol. The number of rotatable bonds is 5. The molecular weight excluding hydrogens is 358 g/mol. The highest BCUT2D eigenvalue weighted by molar-refractivity contribution is 6.08. The summed E-state index contributed by atoms with van der Waals surface area (Å²) < 4.78 is 26.9. The van der Waals surface area contributed by atoms with E-state index >= 15 is 0 Å². The van der Waals surface area contributed by atoms with Crippen molar-refractivity contribution in [2.24, 2.45) is 5.92 Å². The minimum Gasteiger partial charge on any atom is -0.508 e. The van der Waals surface area contributed by atoms with Crippen LogP contribution in [0.3, 0.4) is 0 Å². The van der Waals surface area contributed by atoms with E-state index in [9.17, 15) is 28.6 Å². The summed E-state index contributed by atoms with van der Waals surface area (Å²) in [5.74, 6) is -4.23. The number of anilines is 1. The highest BCUT2D eigenvalue weighted by Crippen LogP contribution is 2.24. The number of phenols is 2. The number of amides is 2. The molecule has 2 rings (SSSR count). The highest BCUT2D eigenvalue weighted by atomic mass is 19.1. The second kappa shape index (κ2) is 8.31. The third-order valence-corrected chi connectivity index (χ3v) is 3.40. The van der Waals surface area contributed by atoms with Gasteiger partial charge in [-0.1, -0.05) is 19.9 Å². The van der Waals surface area contributed by atoms with Crippen molar-refractivity contribution in [1.82, 2.24) is 5.32 Å². The Morgan fingerprint density at radius 1 is 1.07 bits per heavy atom. The van der Waals surface area contributed by atoms with E-state index in [4.69, 9.17) is 0 Å². The second-order valence-corrected chi connectivity index (χ2v) is 6.06. The summed E-state index contributed by atoms with van der Waals surface area (Å²) in [6, 6.07) is 5.96.